The molecule has 2 fully saturated rings. The van der Waals surface area contributed by atoms with Crippen LogP contribution in [0.15, 0.2) is 0 Å². The standard InChI is InChI=1S/C14H26/c1-14(2,3)13-10-6-9-12(13)11-7-4-5-8-11/h11-13H,4-10H2,1-3H3. The Labute approximate surface area is 89.5 Å². The highest BCUT2D eigenvalue weighted by atomic mass is 14.5. The van der Waals surface area contributed by atoms with Crippen molar-refractivity contribution < 1.29 is 0 Å². The second-order valence-electron chi connectivity index (χ2n) is 6.61. The van der Waals surface area contributed by atoms with Crippen molar-refractivity contribution in [3.63, 3.8) is 0 Å². The van der Waals surface area contributed by atoms with E-state index in [9.17, 15) is 0 Å². The summed E-state index contributed by atoms with van der Waals surface area (Å²) in [5.74, 6) is 3.20. The van der Waals surface area contributed by atoms with Crippen LogP contribution in [0.2, 0.25) is 0 Å². The number of rotatable bonds is 1. The molecule has 2 unspecified atom stereocenters. The van der Waals surface area contributed by atoms with Crippen molar-refractivity contribution in [2.75, 3.05) is 0 Å². The Bertz CT molecular complexity index is 181. The molecule has 0 amide bonds. The van der Waals surface area contributed by atoms with Crippen LogP contribution in [-0.2, 0) is 0 Å². The summed E-state index contributed by atoms with van der Waals surface area (Å²) in [5, 5.41) is 0. The maximum Gasteiger partial charge on any atom is -0.0334 e. The van der Waals surface area contributed by atoms with Crippen LogP contribution < -0.4 is 0 Å². The second kappa shape index (κ2) is 3.87. The van der Waals surface area contributed by atoms with Crippen LogP contribution in [0, 0.1) is 23.2 Å². The zero-order valence-electron chi connectivity index (χ0n) is 10.2. The van der Waals surface area contributed by atoms with Gasteiger partial charge in [-0.25, -0.2) is 0 Å². The number of hydrogen-bond donors (Lipinski definition) is 0. The Morgan fingerprint density at radius 1 is 0.786 bits per heavy atom. The molecule has 2 atom stereocenters. The van der Waals surface area contributed by atoms with Crippen LogP contribution in [0.3, 0.4) is 0 Å². The minimum atomic E-state index is 0.559. The van der Waals surface area contributed by atoms with Gasteiger partial charge in [-0.2, -0.15) is 0 Å². The van der Waals surface area contributed by atoms with Crippen molar-refractivity contribution in [3.8, 4) is 0 Å². The molecule has 2 saturated carbocycles. The van der Waals surface area contributed by atoms with Crippen LogP contribution >= 0.6 is 0 Å². The first-order chi connectivity index (χ1) is 6.59. The summed E-state index contributed by atoms with van der Waals surface area (Å²) in [7, 11) is 0. The molecule has 0 aliphatic heterocycles. The molecule has 0 saturated heterocycles. The Morgan fingerprint density at radius 2 is 1.43 bits per heavy atom. The monoisotopic (exact) mass is 194 g/mol. The first-order valence-electron chi connectivity index (χ1n) is 6.59. The fourth-order valence-electron chi connectivity index (χ4n) is 4.01. The lowest BCUT2D eigenvalue weighted by Crippen LogP contribution is -2.27. The SMILES string of the molecule is CC(C)(C)C1CCCC1C1CCCC1. The van der Waals surface area contributed by atoms with Gasteiger partial charge in [0.1, 0.15) is 0 Å². The second-order valence-corrected chi connectivity index (χ2v) is 6.61. The van der Waals surface area contributed by atoms with Crippen LogP contribution in [-0.4, -0.2) is 0 Å². The molecule has 0 heterocycles. The van der Waals surface area contributed by atoms with E-state index in [4.69, 9.17) is 0 Å². The lowest BCUT2D eigenvalue weighted by Gasteiger charge is -2.35. The normalized spacial score (nSPS) is 35.4. The quantitative estimate of drug-likeness (QED) is 0.570. The van der Waals surface area contributed by atoms with Gasteiger partial charge in [-0.1, -0.05) is 52.9 Å². The molecular formula is C14H26. The summed E-state index contributed by atoms with van der Waals surface area (Å²) in [4.78, 5) is 0. The number of hydrogen-bond acceptors (Lipinski definition) is 0. The molecule has 0 radical (unpaired) electrons. The largest absolute Gasteiger partial charge is 0.0599 e. The van der Waals surface area contributed by atoms with Crippen molar-refractivity contribution >= 4 is 0 Å². The van der Waals surface area contributed by atoms with Crippen molar-refractivity contribution in [2.45, 2.75) is 65.7 Å². The lowest BCUT2D eigenvalue weighted by molar-refractivity contribution is 0.140. The maximum absolute atomic E-state index is 2.45. The third kappa shape index (κ3) is 1.99. The Kier molecular flexibility index (Phi) is 2.91. The highest BCUT2D eigenvalue weighted by Crippen LogP contribution is 2.50. The zero-order chi connectivity index (χ0) is 10.2. The summed E-state index contributed by atoms with van der Waals surface area (Å²) in [6.45, 7) is 7.35. The molecule has 82 valence electrons. The molecule has 0 aromatic heterocycles. The lowest BCUT2D eigenvalue weighted by atomic mass is 9.70. The highest BCUT2D eigenvalue weighted by molar-refractivity contribution is 4.90. The van der Waals surface area contributed by atoms with Gasteiger partial charge in [-0.15, -0.1) is 0 Å². The van der Waals surface area contributed by atoms with Crippen LogP contribution in [0.5, 0.6) is 0 Å². The average molecular weight is 194 g/mol. The summed E-state index contributed by atoms with van der Waals surface area (Å²) in [6, 6.07) is 0. The van der Waals surface area contributed by atoms with Gasteiger partial charge in [0.2, 0.25) is 0 Å². The van der Waals surface area contributed by atoms with E-state index < -0.39 is 0 Å². The highest BCUT2D eigenvalue weighted by Gasteiger charge is 2.40. The first-order valence-corrected chi connectivity index (χ1v) is 6.59. The molecule has 0 aromatic rings. The zero-order valence-corrected chi connectivity index (χ0v) is 10.2. The maximum atomic E-state index is 2.45. The fourth-order valence-corrected chi connectivity index (χ4v) is 4.01. The third-order valence-electron chi connectivity index (χ3n) is 4.69. The molecule has 2 aliphatic carbocycles. The van der Waals surface area contributed by atoms with Gasteiger partial charge in [0, 0.05) is 0 Å². The fraction of sp³-hybridized carbons (Fsp3) is 1.00. The molecule has 0 spiro atoms. The van der Waals surface area contributed by atoms with Gasteiger partial charge in [0.15, 0.2) is 0 Å². The Hall–Kier alpha value is 0. The predicted molar refractivity (Wildman–Crippen MR) is 62.2 cm³/mol. The van der Waals surface area contributed by atoms with E-state index in [2.05, 4.69) is 20.8 Å². The smallest absolute Gasteiger partial charge is 0.0334 e. The predicted octanol–water partition coefficient (Wildman–Crippen LogP) is 4.64. The van der Waals surface area contributed by atoms with Crippen molar-refractivity contribution in [2.24, 2.45) is 23.2 Å². The van der Waals surface area contributed by atoms with Gasteiger partial charge >= 0.3 is 0 Å². The molecule has 0 N–H and O–H groups in total. The minimum Gasteiger partial charge on any atom is -0.0599 e. The molecule has 0 bridgehead atoms. The molecule has 14 heavy (non-hydrogen) atoms. The van der Waals surface area contributed by atoms with Gasteiger partial charge in [-0.05, 0) is 36.0 Å². The summed E-state index contributed by atoms with van der Waals surface area (Å²) >= 11 is 0. The van der Waals surface area contributed by atoms with Crippen LogP contribution in [0.25, 0.3) is 0 Å². The summed E-state index contributed by atoms with van der Waals surface area (Å²) < 4.78 is 0. The minimum absolute atomic E-state index is 0.559. The van der Waals surface area contributed by atoms with Crippen molar-refractivity contribution in [1.29, 1.82) is 0 Å². The molecule has 0 nitrogen and oxygen atoms in total. The Morgan fingerprint density at radius 3 is 2.00 bits per heavy atom. The van der Waals surface area contributed by atoms with E-state index in [1.165, 1.54) is 44.9 Å². The van der Waals surface area contributed by atoms with Gasteiger partial charge < -0.3 is 0 Å². The van der Waals surface area contributed by atoms with E-state index in [0.29, 0.717) is 5.41 Å². The topological polar surface area (TPSA) is 0 Å². The average Bonchev–Trinajstić information content (AvgIpc) is 2.73. The van der Waals surface area contributed by atoms with E-state index in [1.807, 2.05) is 0 Å². The Balaban J connectivity index is 2.02. The van der Waals surface area contributed by atoms with E-state index >= 15 is 0 Å². The van der Waals surface area contributed by atoms with Crippen molar-refractivity contribution in [3.05, 3.63) is 0 Å². The van der Waals surface area contributed by atoms with Gasteiger partial charge in [-0.3, -0.25) is 0 Å². The van der Waals surface area contributed by atoms with Gasteiger partial charge in [0.25, 0.3) is 0 Å². The third-order valence-corrected chi connectivity index (χ3v) is 4.69. The van der Waals surface area contributed by atoms with E-state index in [-0.39, 0.29) is 0 Å². The molecule has 2 aliphatic rings. The van der Waals surface area contributed by atoms with Gasteiger partial charge in [0.05, 0.1) is 0 Å². The van der Waals surface area contributed by atoms with Crippen LogP contribution in [0.1, 0.15) is 65.7 Å². The summed E-state index contributed by atoms with van der Waals surface area (Å²) in [6.07, 6.45) is 10.6. The molecule has 0 aromatic carbocycles. The van der Waals surface area contributed by atoms with Crippen molar-refractivity contribution in [1.82, 2.24) is 0 Å². The van der Waals surface area contributed by atoms with E-state index in [0.717, 1.165) is 17.8 Å². The first kappa shape index (κ1) is 10.5. The molecular weight excluding hydrogens is 168 g/mol. The van der Waals surface area contributed by atoms with Crippen LogP contribution in [0.4, 0.5) is 0 Å². The molecule has 0 heteroatoms. The van der Waals surface area contributed by atoms with E-state index in [1.54, 1.807) is 0 Å². The molecule has 2 rings (SSSR count). The summed E-state index contributed by atoms with van der Waals surface area (Å²) in [5.41, 5.74) is 0.559.